The Morgan fingerprint density at radius 2 is 1.71 bits per heavy atom. The number of carbonyl (C=O) groups excluding carboxylic acids is 1. The van der Waals surface area contributed by atoms with Gasteiger partial charge in [0, 0.05) is 34.1 Å². The summed E-state index contributed by atoms with van der Waals surface area (Å²) in [7, 11) is 0. The minimum Gasteiger partial charge on any atom is -0.361 e. The molecule has 3 rings (SSSR count). The van der Waals surface area contributed by atoms with E-state index in [4.69, 9.17) is 11.6 Å². The van der Waals surface area contributed by atoms with Gasteiger partial charge >= 0.3 is 0 Å². The molecule has 144 valence electrons. The lowest BCUT2D eigenvalue weighted by Gasteiger charge is -2.21. The lowest BCUT2D eigenvalue weighted by atomic mass is 10.2. The number of halogens is 1. The average molecular weight is 395 g/mol. The Hall–Kier alpha value is -2.92. The van der Waals surface area contributed by atoms with Crippen LogP contribution in [0.2, 0.25) is 5.02 Å². The van der Waals surface area contributed by atoms with Crippen LogP contribution >= 0.6 is 11.6 Å². The summed E-state index contributed by atoms with van der Waals surface area (Å²) in [6.07, 6.45) is 0. The SMILES string of the molecule is CCN(C(=O)CNc1nc(-c2ccc(Cl)cc2)nc(C)c1C)c1ccccc1. The molecule has 0 aliphatic carbocycles. The van der Waals surface area contributed by atoms with Crippen molar-refractivity contribution < 1.29 is 4.79 Å². The van der Waals surface area contributed by atoms with Gasteiger partial charge in [0.2, 0.25) is 5.91 Å². The van der Waals surface area contributed by atoms with Crippen LogP contribution < -0.4 is 10.2 Å². The van der Waals surface area contributed by atoms with E-state index in [-0.39, 0.29) is 12.5 Å². The van der Waals surface area contributed by atoms with Crippen LogP contribution in [-0.4, -0.2) is 29.0 Å². The second kappa shape index (κ2) is 8.85. The predicted molar refractivity (Wildman–Crippen MR) is 115 cm³/mol. The highest BCUT2D eigenvalue weighted by atomic mass is 35.5. The Morgan fingerprint density at radius 1 is 1.04 bits per heavy atom. The number of amides is 1. The second-order valence-electron chi connectivity index (χ2n) is 6.44. The summed E-state index contributed by atoms with van der Waals surface area (Å²) < 4.78 is 0. The zero-order valence-electron chi connectivity index (χ0n) is 16.2. The maximum atomic E-state index is 12.7. The standard InChI is InChI=1S/C22H23ClN4O/c1-4-27(19-8-6-5-7-9-19)20(28)14-24-21-15(2)16(3)25-22(26-21)17-10-12-18(23)13-11-17/h5-13H,4,14H2,1-3H3,(H,24,25,26). The van der Waals surface area contributed by atoms with Crippen molar-refractivity contribution in [2.75, 3.05) is 23.3 Å². The highest BCUT2D eigenvalue weighted by Gasteiger charge is 2.15. The molecule has 1 aromatic heterocycles. The van der Waals surface area contributed by atoms with Gasteiger partial charge in [-0.25, -0.2) is 9.97 Å². The third kappa shape index (κ3) is 4.49. The molecule has 1 heterocycles. The van der Waals surface area contributed by atoms with Crippen molar-refractivity contribution in [2.24, 2.45) is 0 Å². The second-order valence-corrected chi connectivity index (χ2v) is 6.88. The first-order valence-electron chi connectivity index (χ1n) is 9.20. The number of rotatable bonds is 6. The van der Waals surface area contributed by atoms with Crippen LogP contribution in [-0.2, 0) is 4.79 Å². The highest BCUT2D eigenvalue weighted by Crippen LogP contribution is 2.23. The van der Waals surface area contributed by atoms with Gasteiger partial charge in [-0.1, -0.05) is 29.8 Å². The van der Waals surface area contributed by atoms with Crippen molar-refractivity contribution in [2.45, 2.75) is 20.8 Å². The van der Waals surface area contributed by atoms with Crippen LogP contribution in [0.4, 0.5) is 11.5 Å². The molecule has 0 spiro atoms. The summed E-state index contributed by atoms with van der Waals surface area (Å²) in [5, 5.41) is 3.86. The molecular formula is C22H23ClN4O. The molecule has 28 heavy (non-hydrogen) atoms. The number of hydrogen-bond acceptors (Lipinski definition) is 4. The fourth-order valence-corrected chi connectivity index (χ4v) is 3.02. The van der Waals surface area contributed by atoms with Gasteiger partial charge in [-0.15, -0.1) is 0 Å². The molecule has 0 saturated carbocycles. The lowest BCUT2D eigenvalue weighted by molar-refractivity contribution is -0.116. The summed E-state index contributed by atoms with van der Waals surface area (Å²) in [5.41, 5.74) is 3.55. The van der Waals surface area contributed by atoms with Gasteiger partial charge in [0.25, 0.3) is 0 Å². The number of para-hydroxylation sites is 1. The fraction of sp³-hybridized carbons (Fsp3) is 0.227. The zero-order valence-corrected chi connectivity index (χ0v) is 17.0. The van der Waals surface area contributed by atoms with Gasteiger partial charge < -0.3 is 10.2 Å². The van der Waals surface area contributed by atoms with Gasteiger partial charge in [0.15, 0.2) is 5.82 Å². The molecule has 6 heteroatoms. The fourth-order valence-electron chi connectivity index (χ4n) is 2.89. The van der Waals surface area contributed by atoms with Gasteiger partial charge in [-0.2, -0.15) is 0 Å². The van der Waals surface area contributed by atoms with Crippen LogP contribution in [0.1, 0.15) is 18.2 Å². The quantitative estimate of drug-likeness (QED) is 0.647. The molecule has 0 aliphatic heterocycles. The molecule has 0 bridgehead atoms. The molecule has 1 amide bonds. The van der Waals surface area contributed by atoms with E-state index in [9.17, 15) is 4.79 Å². The van der Waals surface area contributed by atoms with Crippen LogP contribution in [0.15, 0.2) is 54.6 Å². The summed E-state index contributed by atoms with van der Waals surface area (Å²) >= 11 is 5.97. The Balaban J connectivity index is 1.80. The number of benzene rings is 2. The van der Waals surface area contributed by atoms with Crippen LogP contribution in [0.3, 0.4) is 0 Å². The van der Waals surface area contributed by atoms with Crippen molar-refractivity contribution in [3.8, 4) is 11.4 Å². The summed E-state index contributed by atoms with van der Waals surface area (Å²) in [6, 6.07) is 17.0. The van der Waals surface area contributed by atoms with E-state index in [0.717, 1.165) is 22.5 Å². The zero-order chi connectivity index (χ0) is 20.1. The van der Waals surface area contributed by atoms with Gasteiger partial charge in [0.05, 0.1) is 6.54 Å². The molecule has 0 unspecified atom stereocenters. The smallest absolute Gasteiger partial charge is 0.246 e. The third-order valence-electron chi connectivity index (χ3n) is 4.58. The number of nitrogens with zero attached hydrogens (tertiary/aromatic N) is 3. The van der Waals surface area contributed by atoms with E-state index >= 15 is 0 Å². The number of aryl methyl sites for hydroxylation is 1. The Bertz CT molecular complexity index is 958. The number of likely N-dealkylation sites (N-methyl/N-ethyl adjacent to an activating group) is 1. The summed E-state index contributed by atoms with van der Waals surface area (Å²) in [6.45, 7) is 6.60. The van der Waals surface area contributed by atoms with Gasteiger partial charge in [-0.3, -0.25) is 4.79 Å². The normalized spacial score (nSPS) is 10.6. The number of aromatic nitrogens is 2. The third-order valence-corrected chi connectivity index (χ3v) is 4.84. The number of nitrogens with one attached hydrogen (secondary N) is 1. The summed E-state index contributed by atoms with van der Waals surface area (Å²) in [4.78, 5) is 23.7. The van der Waals surface area contributed by atoms with E-state index in [1.807, 2.05) is 75.4 Å². The Morgan fingerprint density at radius 3 is 2.36 bits per heavy atom. The molecular weight excluding hydrogens is 372 g/mol. The first-order valence-corrected chi connectivity index (χ1v) is 9.58. The topological polar surface area (TPSA) is 58.1 Å². The number of anilines is 2. The van der Waals surface area contributed by atoms with Crippen molar-refractivity contribution in [1.29, 1.82) is 0 Å². The average Bonchev–Trinajstić information content (AvgIpc) is 2.71. The van der Waals surface area contributed by atoms with Gasteiger partial charge in [-0.05, 0) is 57.2 Å². The van der Waals surface area contributed by atoms with Crippen molar-refractivity contribution in [3.05, 3.63) is 70.9 Å². The van der Waals surface area contributed by atoms with Crippen molar-refractivity contribution >= 4 is 29.0 Å². The Labute approximate surface area is 170 Å². The van der Waals surface area contributed by atoms with E-state index in [1.54, 1.807) is 4.90 Å². The molecule has 0 fully saturated rings. The molecule has 1 N–H and O–H groups in total. The van der Waals surface area contributed by atoms with Crippen LogP contribution in [0.5, 0.6) is 0 Å². The number of hydrogen-bond donors (Lipinski definition) is 1. The highest BCUT2D eigenvalue weighted by molar-refractivity contribution is 6.30. The molecule has 0 saturated heterocycles. The van der Waals surface area contributed by atoms with Crippen LogP contribution in [0.25, 0.3) is 11.4 Å². The van der Waals surface area contributed by atoms with Crippen molar-refractivity contribution in [3.63, 3.8) is 0 Å². The Kier molecular flexibility index (Phi) is 6.26. The van der Waals surface area contributed by atoms with E-state index < -0.39 is 0 Å². The van der Waals surface area contributed by atoms with Gasteiger partial charge in [0.1, 0.15) is 5.82 Å². The predicted octanol–water partition coefficient (Wildman–Crippen LogP) is 4.88. The lowest BCUT2D eigenvalue weighted by Crippen LogP contribution is -2.35. The molecule has 3 aromatic rings. The molecule has 0 atom stereocenters. The van der Waals surface area contributed by atoms with E-state index in [0.29, 0.717) is 23.2 Å². The largest absolute Gasteiger partial charge is 0.361 e. The maximum absolute atomic E-state index is 12.7. The van der Waals surface area contributed by atoms with Crippen molar-refractivity contribution in [1.82, 2.24) is 9.97 Å². The molecule has 0 aliphatic rings. The molecule has 0 radical (unpaired) electrons. The maximum Gasteiger partial charge on any atom is 0.246 e. The minimum atomic E-state index is -0.0163. The minimum absolute atomic E-state index is 0.0163. The molecule has 5 nitrogen and oxygen atoms in total. The molecule has 2 aromatic carbocycles. The van der Waals surface area contributed by atoms with E-state index in [1.165, 1.54) is 0 Å². The monoisotopic (exact) mass is 394 g/mol. The first kappa shape index (κ1) is 19.8. The first-order chi connectivity index (χ1) is 13.5. The van der Waals surface area contributed by atoms with E-state index in [2.05, 4.69) is 15.3 Å². The van der Waals surface area contributed by atoms with Crippen LogP contribution in [0, 0.1) is 13.8 Å². The summed E-state index contributed by atoms with van der Waals surface area (Å²) in [5.74, 6) is 1.25. The number of carbonyl (C=O) groups is 1.